The van der Waals surface area contributed by atoms with Crippen LogP contribution in [0, 0.1) is 24.6 Å². The molecule has 1 N–H and O–H groups in total. The van der Waals surface area contributed by atoms with Gasteiger partial charge in [0.25, 0.3) is 0 Å². The molecule has 0 amide bonds. The summed E-state index contributed by atoms with van der Waals surface area (Å²) in [6.07, 6.45) is 8.17. The molecule has 0 unspecified atom stereocenters. The predicted octanol–water partition coefficient (Wildman–Crippen LogP) is -1.76. The molecule has 0 bridgehead atoms. The number of nitrogens with one attached hydrogen (secondary N) is 1. The summed E-state index contributed by atoms with van der Waals surface area (Å²) in [5, 5.41) is 0. The fraction of sp³-hybridized carbons (Fsp3) is 0.467. The van der Waals surface area contributed by atoms with Crippen molar-refractivity contribution in [3.63, 3.8) is 0 Å². The molecule has 1 aromatic heterocycles. The standard InChI is InChI=1S/C10H15.C5H6N.2ClH.Zr/c1-7-6-10(4,5)9(3)8(7)2;1-5-2-3-6-4-5;;;/h1-5H3;2-3,6H,1H3;2*1H;/q2*-1;;;+4/p-2. The van der Waals surface area contributed by atoms with Crippen molar-refractivity contribution < 1.29 is 51.0 Å². The number of halogens is 2. The summed E-state index contributed by atoms with van der Waals surface area (Å²) in [5.74, 6) is 0. The van der Waals surface area contributed by atoms with Crippen LogP contribution in [0.25, 0.3) is 0 Å². The van der Waals surface area contributed by atoms with Crippen LogP contribution >= 0.6 is 0 Å². The fourth-order valence-electron chi connectivity index (χ4n) is 1.77. The Morgan fingerprint density at radius 2 is 1.58 bits per heavy atom. The molecule has 2 rings (SSSR count). The summed E-state index contributed by atoms with van der Waals surface area (Å²) in [7, 11) is 0. The topological polar surface area (TPSA) is 15.8 Å². The number of hydrogen-bond donors (Lipinski definition) is 1. The van der Waals surface area contributed by atoms with E-state index in [1.807, 2.05) is 19.2 Å². The smallest absolute Gasteiger partial charge is 1.00 e. The molecule has 1 nitrogen and oxygen atoms in total. The van der Waals surface area contributed by atoms with E-state index in [1.165, 1.54) is 16.7 Å². The van der Waals surface area contributed by atoms with Gasteiger partial charge in [-0.15, -0.1) is 13.1 Å². The Morgan fingerprint density at radius 1 is 1.05 bits per heavy atom. The first-order valence-electron chi connectivity index (χ1n) is 5.66. The van der Waals surface area contributed by atoms with Crippen molar-refractivity contribution >= 4 is 0 Å². The van der Waals surface area contributed by atoms with Crippen LogP contribution in [-0.2, 0) is 26.2 Å². The van der Waals surface area contributed by atoms with E-state index < -0.39 is 0 Å². The molecule has 1 aliphatic rings. The second kappa shape index (κ2) is 10.0. The second-order valence-electron chi connectivity index (χ2n) is 4.91. The van der Waals surface area contributed by atoms with Crippen molar-refractivity contribution in [2.75, 3.05) is 0 Å². The second-order valence-corrected chi connectivity index (χ2v) is 4.91. The quantitative estimate of drug-likeness (QED) is 0.516. The van der Waals surface area contributed by atoms with Crippen molar-refractivity contribution in [3.8, 4) is 0 Å². The Bertz CT molecular complexity index is 417. The molecule has 0 aliphatic heterocycles. The van der Waals surface area contributed by atoms with Crippen LogP contribution in [0.5, 0.6) is 0 Å². The van der Waals surface area contributed by atoms with Crippen LogP contribution < -0.4 is 24.8 Å². The average Bonchev–Trinajstić information content (AvgIpc) is 2.72. The van der Waals surface area contributed by atoms with Crippen LogP contribution in [-0.4, -0.2) is 4.98 Å². The number of aryl methyl sites for hydroxylation is 1. The molecule has 1 heterocycles. The molecule has 0 fully saturated rings. The predicted molar refractivity (Wildman–Crippen MR) is 69.0 cm³/mol. The molecule has 0 radical (unpaired) electrons. The zero-order valence-corrected chi connectivity index (χ0v) is 16.4. The van der Waals surface area contributed by atoms with Crippen LogP contribution in [0.3, 0.4) is 0 Å². The Balaban J connectivity index is -0.000000252. The molecule has 0 saturated heterocycles. The molecular formula is C15H21Cl2NZr. The number of H-pyrrole nitrogens is 1. The first kappa shape index (κ1) is 24.3. The Kier molecular flexibility index (Phi) is 12.8. The van der Waals surface area contributed by atoms with Gasteiger partial charge in [0.15, 0.2) is 0 Å². The van der Waals surface area contributed by atoms with Gasteiger partial charge >= 0.3 is 26.2 Å². The Morgan fingerprint density at radius 3 is 1.68 bits per heavy atom. The summed E-state index contributed by atoms with van der Waals surface area (Å²) in [4.78, 5) is 2.80. The van der Waals surface area contributed by atoms with E-state index in [0.717, 1.165) is 5.56 Å². The number of aromatic amines is 1. The van der Waals surface area contributed by atoms with Gasteiger partial charge in [-0.1, -0.05) is 40.0 Å². The maximum atomic E-state index is 3.44. The summed E-state index contributed by atoms with van der Waals surface area (Å²) < 4.78 is 0. The van der Waals surface area contributed by atoms with Crippen LogP contribution in [0.15, 0.2) is 29.0 Å². The first-order chi connectivity index (χ1) is 7.34. The third-order valence-corrected chi connectivity index (χ3v) is 3.25. The van der Waals surface area contributed by atoms with E-state index >= 15 is 0 Å². The van der Waals surface area contributed by atoms with E-state index in [-0.39, 0.29) is 56.4 Å². The van der Waals surface area contributed by atoms with E-state index in [9.17, 15) is 0 Å². The van der Waals surface area contributed by atoms with Crippen LogP contribution in [0.1, 0.15) is 40.2 Å². The zero-order valence-electron chi connectivity index (χ0n) is 12.4. The van der Waals surface area contributed by atoms with E-state index in [1.54, 1.807) is 0 Å². The molecule has 1 aromatic rings. The summed E-state index contributed by atoms with van der Waals surface area (Å²) in [5.41, 5.74) is 5.56. The summed E-state index contributed by atoms with van der Waals surface area (Å²) in [6, 6.07) is 1.97. The van der Waals surface area contributed by atoms with Crippen molar-refractivity contribution in [2.24, 2.45) is 5.41 Å². The first-order valence-corrected chi connectivity index (χ1v) is 5.66. The van der Waals surface area contributed by atoms with Crippen molar-refractivity contribution in [1.82, 2.24) is 4.98 Å². The Labute approximate surface area is 149 Å². The van der Waals surface area contributed by atoms with E-state index in [0.29, 0.717) is 0 Å². The van der Waals surface area contributed by atoms with Crippen molar-refractivity contribution in [1.29, 1.82) is 0 Å². The molecule has 0 saturated carbocycles. The number of rotatable bonds is 0. The molecule has 0 aromatic carbocycles. The largest absolute Gasteiger partial charge is 4.00 e. The number of aromatic nitrogens is 1. The number of hydrogen-bond acceptors (Lipinski definition) is 0. The third-order valence-electron chi connectivity index (χ3n) is 3.25. The normalized spacial score (nSPS) is 15.2. The average molecular weight is 377 g/mol. The van der Waals surface area contributed by atoms with Gasteiger partial charge in [0, 0.05) is 0 Å². The molecule has 0 spiro atoms. The third kappa shape index (κ3) is 6.97. The number of allylic oxidation sites excluding steroid dienone is 4. The zero-order chi connectivity index (χ0) is 12.3. The van der Waals surface area contributed by atoms with Gasteiger partial charge < -0.3 is 29.8 Å². The van der Waals surface area contributed by atoms with Gasteiger partial charge in [0.05, 0.1) is 0 Å². The van der Waals surface area contributed by atoms with Gasteiger partial charge in [-0.25, -0.2) is 5.57 Å². The molecule has 0 atom stereocenters. The van der Waals surface area contributed by atoms with Crippen LogP contribution in [0.2, 0.25) is 0 Å². The molecule has 19 heavy (non-hydrogen) atoms. The van der Waals surface area contributed by atoms with Gasteiger partial charge in [-0.05, 0) is 0 Å². The molecule has 104 valence electrons. The van der Waals surface area contributed by atoms with E-state index in [4.69, 9.17) is 0 Å². The molecule has 4 heteroatoms. The minimum absolute atomic E-state index is 0. The van der Waals surface area contributed by atoms with Crippen molar-refractivity contribution in [2.45, 2.75) is 41.5 Å². The molecular weight excluding hydrogens is 356 g/mol. The van der Waals surface area contributed by atoms with Gasteiger partial charge in [-0.3, -0.25) is 6.08 Å². The van der Waals surface area contributed by atoms with Gasteiger partial charge in [0.2, 0.25) is 0 Å². The van der Waals surface area contributed by atoms with E-state index in [2.05, 4.69) is 51.9 Å². The SMILES string of the molecule is CC1=[C-]C(C)(C)C(C)=C1C.Cc1[c-][nH]cc1.[Cl-].[Cl-].[Zr+4]. The monoisotopic (exact) mass is 375 g/mol. The maximum absolute atomic E-state index is 3.44. The minimum Gasteiger partial charge on any atom is -1.00 e. The summed E-state index contributed by atoms with van der Waals surface area (Å²) in [6.45, 7) is 12.9. The van der Waals surface area contributed by atoms with Crippen LogP contribution in [0.4, 0.5) is 0 Å². The maximum Gasteiger partial charge on any atom is 4.00 e. The Hall–Kier alpha value is 0.223. The van der Waals surface area contributed by atoms with Gasteiger partial charge in [-0.2, -0.15) is 29.0 Å². The van der Waals surface area contributed by atoms with Crippen molar-refractivity contribution in [3.05, 3.63) is 46.8 Å². The molecule has 1 aliphatic carbocycles. The van der Waals surface area contributed by atoms with Gasteiger partial charge in [0.1, 0.15) is 0 Å². The summed E-state index contributed by atoms with van der Waals surface area (Å²) >= 11 is 0. The minimum atomic E-state index is 0. The fourth-order valence-corrected chi connectivity index (χ4v) is 1.77.